The number of aliphatic hydroxyl groups is 2. The number of ether oxygens (including phenoxy) is 1. The Labute approximate surface area is 111 Å². The van der Waals surface area contributed by atoms with Gasteiger partial charge in [0.1, 0.15) is 12.4 Å². The average Bonchev–Trinajstić information content (AvgIpc) is 2.42. The molecule has 1 atom stereocenters. The lowest BCUT2D eigenvalue weighted by molar-refractivity contribution is -0.132. The van der Waals surface area contributed by atoms with Crippen molar-refractivity contribution >= 4 is 5.97 Å². The van der Waals surface area contributed by atoms with E-state index >= 15 is 0 Å². The first-order valence-corrected chi connectivity index (χ1v) is 5.20. The van der Waals surface area contributed by atoms with Crippen LogP contribution < -0.4 is 16.4 Å². The molecule has 0 aliphatic carbocycles. The molecule has 0 heterocycles. The second kappa shape index (κ2) is 12.5. The van der Waals surface area contributed by atoms with E-state index in [1.165, 1.54) is 6.92 Å². The Hall–Kier alpha value is -1.93. The van der Waals surface area contributed by atoms with E-state index in [0.29, 0.717) is 5.75 Å². The van der Waals surface area contributed by atoms with Crippen molar-refractivity contribution in [3.05, 3.63) is 42.5 Å². The number of carbonyl (C=O) groups is 1. The molecule has 7 heteroatoms. The number of hydrogen-bond donors (Lipinski definition) is 5. The van der Waals surface area contributed by atoms with Crippen LogP contribution in [0.4, 0.5) is 0 Å². The van der Waals surface area contributed by atoms with Gasteiger partial charge in [-0.15, -0.1) is 0 Å². The van der Waals surface area contributed by atoms with Crippen molar-refractivity contribution in [2.24, 2.45) is 11.7 Å². The Morgan fingerprint density at radius 3 is 2.11 bits per heavy atom. The van der Waals surface area contributed by atoms with Gasteiger partial charge in [0.2, 0.25) is 6.29 Å². The van der Waals surface area contributed by atoms with Gasteiger partial charge in [-0.05, 0) is 19.1 Å². The number of nitrogens with two attached hydrogens (primary N) is 2. The summed E-state index contributed by atoms with van der Waals surface area (Å²) in [6.07, 6.45) is -1.13. The predicted molar refractivity (Wildman–Crippen MR) is 71.0 cm³/mol. The average molecular weight is 272 g/mol. The highest BCUT2D eigenvalue weighted by molar-refractivity contribution is 5.84. The summed E-state index contributed by atoms with van der Waals surface area (Å²) in [4.78, 5) is 9.60. The Morgan fingerprint density at radius 1 is 1.37 bits per heavy atom. The van der Waals surface area contributed by atoms with E-state index in [1.54, 1.807) is 24.3 Å². The molecule has 0 aliphatic rings. The molecule has 0 radical (unpaired) electrons. The molecule has 1 aromatic carbocycles. The summed E-state index contributed by atoms with van der Waals surface area (Å²) in [5, 5.41) is 25.2. The van der Waals surface area contributed by atoms with Gasteiger partial charge in [-0.1, -0.05) is 24.8 Å². The smallest absolute Gasteiger partial charge is 0.330 e. The summed E-state index contributed by atoms with van der Waals surface area (Å²) >= 11 is 0. The van der Waals surface area contributed by atoms with E-state index in [9.17, 15) is 4.79 Å². The maximum atomic E-state index is 9.60. The van der Waals surface area contributed by atoms with Crippen LogP contribution in [0.3, 0.4) is 0 Å². The zero-order valence-electron chi connectivity index (χ0n) is 10.7. The van der Waals surface area contributed by atoms with Crippen molar-refractivity contribution in [1.82, 2.24) is 0 Å². The third-order valence-corrected chi connectivity index (χ3v) is 1.54. The fourth-order valence-electron chi connectivity index (χ4n) is 0.693. The molecule has 108 valence electrons. The third kappa shape index (κ3) is 12.3. The number of carboxylic acids is 1. The molecule has 0 saturated carbocycles. The van der Waals surface area contributed by atoms with Gasteiger partial charge in [0.05, 0.1) is 0 Å². The molecule has 0 aliphatic heterocycles. The van der Waals surface area contributed by atoms with Crippen molar-refractivity contribution < 1.29 is 24.9 Å². The van der Waals surface area contributed by atoms with Crippen LogP contribution in [-0.2, 0) is 4.79 Å². The largest absolute Gasteiger partial charge is 0.478 e. The fourth-order valence-corrected chi connectivity index (χ4v) is 0.693. The van der Waals surface area contributed by atoms with Crippen molar-refractivity contribution in [3.8, 4) is 5.75 Å². The van der Waals surface area contributed by atoms with Crippen LogP contribution >= 0.6 is 0 Å². The van der Waals surface area contributed by atoms with Crippen molar-refractivity contribution in [3.63, 3.8) is 0 Å². The number of hydrogen-bond acceptors (Lipinski definition) is 6. The summed E-state index contributed by atoms with van der Waals surface area (Å²) in [5.74, 6) is 7.61. The molecule has 0 aromatic heterocycles. The molecule has 0 amide bonds. The summed E-state index contributed by atoms with van der Waals surface area (Å²) in [6.45, 7) is 4.21. The number of benzene rings is 1. The molecule has 19 heavy (non-hydrogen) atoms. The Kier molecular flexibility index (Phi) is 12.8. The van der Waals surface area contributed by atoms with Crippen molar-refractivity contribution in [1.29, 1.82) is 0 Å². The van der Waals surface area contributed by atoms with Crippen molar-refractivity contribution in [2.45, 2.75) is 13.2 Å². The molecule has 0 saturated heterocycles. The second-order valence-electron chi connectivity index (χ2n) is 3.15. The summed E-state index contributed by atoms with van der Waals surface area (Å²) < 4.78 is 4.87. The summed E-state index contributed by atoms with van der Waals surface area (Å²) in [6, 6.07) is 8.84. The van der Waals surface area contributed by atoms with E-state index < -0.39 is 18.9 Å². The summed E-state index contributed by atoms with van der Waals surface area (Å²) in [5.41, 5.74) is 0.176. The number of rotatable bonds is 4. The maximum absolute atomic E-state index is 9.60. The number of para-hydroxylation sites is 1. The quantitative estimate of drug-likeness (QED) is 0.222. The first-order chi connectivity index (χ1) is 8.97. The fraction of sp³-hybridized carbons (Fsp3) is 0.250. The molecule has 0 spiro atoms. The van der Waals surface area contributed by atoms with E-state index in [-0.39, 0.29) is 5.57 Å². The molecule has 1 unspecified atom stereocenters. The maximum Gasteiger partial charge on any atom is 0.330 e. The van der Waals surface area contributed by atoms with Crippen LogP contribution in [0.15, 0.2) is 42.5 Å². The lowest BCUT2D eigenvalue weighted by atomic mass is 10.3. The van der Waals surface area contributed by atoms with Crippen LogP contribution in [0, 0.1) is 0 Å². The predicted octanol–water partition coefficient (Wildman–Crippen LogP) is -0.158. The number of hydrazine groups is 1. The van der Waals surface area contributed by atoms with Gasteiger partial charge >= 0.3 is 5.97 Å². The van der Waals surface area contributed by atoms with Gasteiger partial charge in [0.15, 0.2) is 0 Å². The highest BCUT2D eigenvalue weighted by Crippen LogP contribution is 2.09. The van der Waals surface area contributed by atoms with Crippen LogP contribution in [-0.4, -0.2) is 34.2 Å². The van der Waals surface area contributed by atoms with Crippen molar-refractivity contribution in [2.75, 3.05) is 6.61 Å². The topological polar surface area (TPSA) is 139 Å². The monoisotopic (exact) mass is 272 g/mol. The zero-order valence-corrected chi connectivity index (χ0v) is 10.7. The van der Waals surface area contributed by atoms with E-state index in [0.717, 1.165) is 0 Å². The standard InChI is InChI=1S/C8H10O3.C4H6O2.H4N2/c9-6-8(10)11-7-4-2-1-3-5-7;1-3(2)4(5)6;1-2/h1-5,8-10H,6H2;1H2,2H3,(H,5,6);1-2H2. The Balaban J connectivity index is 0. The number of aliphatic carboxylic acids is 1. The van der Waals surface area contributed by atoms with E-state index in [2.05, 4.69) is 18.3 Å². The number of carboxylic acid groups (broad SMARTS) is 1. The minimum absolute atomic E-state index is 0.176. The van der Waals surface area contributed by atoms with Gasteiger partial charge in [-0.3, -0.25) is 11.7 Å². The zero-order chi connectivity index (χ0) is 15.3. The van der Waals surface area contributed by atoms with Crippen LogP contribution in [0.5, 0.6) is 5.75 Å². The van der Waals surface area contributed by atoms with Gasteiger partial charge in [-0.2, -0.15) is 0 Å². The van der Waals surface area contributed by atoms with Gasteiger partial charge in [-0.25, -0.2) is 4.79 Å². The van der Waals surface area contributed by atoms with E-state index in [1.807, 2.05) is 6.07 Å². The van der Waals surface area contributed by atoms with Gasteiger partial charge < -0.3 is 20.1 Å². The van der Waals surface area contributed by atoms with Crippen LogP contribution in [0.2, 0.25) is 0 Å². The Morgan fingerprint density at radius 2 is 1.79 bits per heavy atom. The van der Waals surface area contributed by atoms with Gasteiger partial charge in [0, 0.05) is 5.57 Å². The first-order valence-electron chi connectivity index (χ1n) is 5.20. The Bertz CT molecular complexity index is 344. The molecule has 7 nitrogen and oxygen atoms in total. The first kappa shape index (κ1) is 19.4. The summed E-state index contributed by atoms with van der Waals surface area (Å²) in [7, 11) is 0. The molecule has 1 aromatic rings. The number of aliphatic hydroxyl groups excluding tert-OH is 2. The second-order valence-corrected chi connectivity index (χ2v) is 3.15. The minimum atomic E-state index is -1.13. The van der Waals surface area contributed by atoms with Crippen LogP contribution in [0.25, 0.3) is 0 Å². The molecule has 0 fully saturated rings. The minimum Gasteiger partial charge on any atom is -0.478 e. The lowest BCUT2D eigenvalue weighted by Gasteiger charge is -2.09. The normalized spacial score (nSPS) is 9.95. The lowest BCUT2D eigenvalue weighted by Crippen LogP contribution is -2.19. The highest BCUT2D eigenvalue weighted by Gasteiger charge is 2.01. The van der Waals surface area contributed by atoms with E-state index in [4.69, 9.17) is 20.1 Å². The molecule has 0 bridgehead atoms. The molecule has 1 rings (SSSR count). The SMILES string of the molecule is C=C(C)C(=O)O.NN.OCC(O)Oc1ccccc1. The molecular weight excluding hydrogens is 252 g/mol. The molecule has 7 N–H and O–H groups in total. The molecular formula is C12H20N2O5. The highest BCUT2D eigenvalue weighted by atomic mass is 16.6. The van der Waals surface area contributed by atoms with Crippen LogP contribution in [0.1, 0.15) is 6.92 Å². The van der Waals surface area contributed by atoms with Gasteiger partial charge in [0.25, 0.3) is 0 Å². The third-order valence-electron chi connectivity index (χ3n) is 1.54.